The Bertz CT molecular complexity index is 295. The van der Waals surface area contributed by atoms with E-state index in [9.17, 15) is 10.0 Å². The number of methoxy groups -OCH3 is 1. The van der Waals surface area contributed by atoms with Crippen LogP contribution in [0.3, 0.4) is 0 Å². The molecule has 0 aromatic heterocycles. The summed E-state index contributed by atoms with van der Waals surface area (Å²) in [6.07, 6.45) is -0.716. The summed E-state index contributed by atoms with van der Waals surface area (Å²) in [6, 6.07) is 8.59. The summed E-state index contributed by atoms with van der Waals surface area (Å²) >= 11 is 0. The fraction of sp³-hybridized carbons (Fsp3) is 0.222. The number of hydrogen-bond acceptors (Lipinski definition) is 3. The van der Waals surface area contributed by atoms with Gasteiger partial charge in [-0.05, 0) is 0 Å². The average Bonchev–Trinajstić information content (AvgIpc) is 2.18. The zero-order valence-corrected chi connectivity index (χ0v) is 7.60. The molecule has 0 fully saturated rings. The van der Waals surface area contributed by atoms with Crippen LogP contribution in [0.5, 0.6) is 0 Å². The van der Waals surface area contributed by atoms with E-state index in [-0.39, 0.29) is 0 Å². The van der Waals surface area contributed by atoms with Crippen LogP contribution in [0.2, 0.25) is 0 Å². The standard InChI is InChI=1S/C9H12NO3/c1-10(12,9(11)13-2)8-6-4-3-5-7-8/h3-7,12H,1-2H3/q+1. The lowest BCUT2D eigenvalue weighted by atomic mass is 10.3. The maximum Gasteiger partial charge on any atom is 0.554 e. The predicted molar refractivity (Wildman–Crippen MR) is 48.4 cm³/mol. The number of carbonyl (C=O) groups excluding carboxylic acids is 1. The maximum absolute atomic E-state index is 11.1. The average molecular weight is 182 g/mol. The first kappa shape index (κ1) is 9.70. The third-order valence-corrected chi connectivity index (χ3v) is 1.79. The van der Waals surface area contributed by atoms with Gasteiger partial charge < -0.3 is 4.74 Å². The highest BCUT2D eigenvalue weighted by atomic mass is 16.6. The Balaban J connectivity index is 3.00. The molecule has 4 nitrogen and oxygen atoms in total. The van der Waals surface area contributed by atoms with E-state index < -0.39 is 10.7 Å². The summed E-state index contributed by atoms with van der Waals surface area (Å²) in [6.45, 7) is 0. The molecular weight excluding hydrogens is 170 g/mol. The summed E-state index contributed by atoms with van der Waals surface area (Å²) in [4.78, 5) is 11.1. The molecule has 0 saturated heterocycles. The van der Waals surface area contributed by atoms with Crippen molar-refractivity contribution in [2.75, 3.05) is 14.2 Å². The number of para-hydroxylation sites is 1. The van der Waals surface area contributed by atoms with E-state index in [4.69, 9.17) is 0 Å². The van der Waals surface area contributed by atoms with Crippen LogP contribution in [-0.2, 0) is 4.74 Å². The van der Waals surface area contributed by atoms with Gasteiger partial charge in [-0.3, -0.25) is 0 Å². The molecule has 1 atom stereocenters. The number of amides is 1. The molecule has 0 radical (unpaired) electrons. The van der Waals surface area contributed by atoms with Gasteiger partial charge in [0.1, 0.15) is 7.05 Å². The van der Waals surface area contributed by atoms with Crippen molar-refractivity contribution in [2.24, 2.45) is 0 Å². The van der Waals surface area contributed by atoms with Crippen LogP contribution in [0.15, 0.2) is 30.3 Å². The first-order valence-electron chi connectivity index (χ1n) is 3.82. The molecule has 0 bridgehead atoms. The van der Waals surface area contributed by atoms with Gasteiger partial charge in [0, 0.05) is 12.1 Å². The normalized spacial score (nSPS) is 14.7. The molecular formula is C9H12NO3+. The molecule has 0 aliphatic carbocycles. The second kappa shape index (κ2) is 3.55. The van der Waals surface area contributed by atoms with Gasteiger partial charge in [-0.2, -0.15) is 4.79 Å². The van der Waals surface area contributed by atoms with Crippen LogP contribution in [0.1, 0.15) is 0 Å². The molecule has 1 N–H and O–H groups in total. The van der Waals surface area contributed by atoms with Crippen molar-refractivity contribution in [1.29, 1.82) is 0 Å². The molecule has 1 amide bonds. The maximum atomic E-state index is 11.1. The SMILES string of the molecule is COC(=O)[N+](C)(O)c1ccccc1. The van der Waals surface area contributed by atoms with E-state index in [0.717, 1.165) is 0 Å². The zero-order chi connectivity index (χ0) is 9.90. The van der Waals surface area contributed by atoms with Crippen molar-refractivity contribution >= 4 is 11.8 Å². The molecule has 1 aromatic carbocycles. The van der Waals surface area contributed by atoms with Crippen LogP contribution in [0.4, 0.5) is 10.5 Å². The number of hydrogen-bond donors (Lipinski definition) is 1. The third-order valence-electron chi connectivity index (χ3n) is 1.79. The van der Waals surface area contributed by atoms with E-state index in [1.165, 1.54) is 14.2 Å². The number of rotatable bonds is 1. The second-order valence-corrected chi connectivity index (χ2v) is 2.76. The highest BCUT2D eigenvalue weighted by Crippen LogP contribution is 2.18. The summed E-state index contributed by atoms with van der Waals surface area (Å²) < 4.78 is 3.56. The van der Waals surface area contributed by atoms with Gasteiger partial charge in [0.2, 0.25) is 0 Å². The first-order valence-corrected chi connectivity index (χ1v) is 3.82. The largest absolute Gasteiger partial charge is 0.554 e. The Morgan fingerprint density at radius 3 is 2.38 bits per heavy atom. The Kier molecular flexibility index (Phi) is 2.65. The molecule has 4 heteroatoms. The number of quaternary nitrogens is 1. The summed E-state index contributed by atoms with van der Waals surface area (Å²) in [7, 11) is 2.58. The Morgan fingerprint density at radius 2 is 1.92 bits per heavy atom. The topological polar surface area (TPSA) is 46.5 Å². The molecule has 0 aliphatic heterocycles. The zero-order valence-electron chi connectivity index (χ0n) is 7.60. The second-order valence-electron chi connectivity index (χ2n) is 2.76. The molecule has 13 heavy (non-hydrogen) atoms. The lowest BCUT2D eigenvalue weighted by molar-refractivity contribution is -0.0397. The number of hydroxylamine groups is 2. The van der Waals surface area contributed by atoms with E-state index in [1.54, 1.807) is 30.3 Å². The van der Waals surface area contributed by atoms with Crippen molar-refractivity contribution in [1.82, 2.24) is 4.65 Å². The van der Waals surface area contributed by atoms with E-state index in [1.807, 2.05) is 0 Å². The Morgan fingerprint density at radius 1 is 1.38 bits per heavy atom. The summed E-state index contributed by atoms with van der Waals surface area (Å²) in [5, 5.41) is 9.72. The van der Waals surface area contributed by atoms with Crippen LogP contribution in [0, 0.1) is 0 Å². The Labute approximate surface area is 76.5 Å². The summed E-state index contributed by atoms with van der Waals surface area (Å²) in [5.41, 5.74) is 0.467. The smallest absolute Gasteiger partial charge is 0.421 e. The van der Waals surface area contributed by atoms with Crippen LogP contribution < -0.4 is 4.65 Å². The van der Waals surface area contributed by atoms with Crippen molar-refractivity contribution in [3.05, 3.63) is 30.3 Å². The monoisotopic (exact) mass is 182 g/mol. The van der Waals surface area contributed by atoms with Gasteiger partial charge in [0.15, 0.2) is 5.69 Å². The predicted octanol–water partition coefficient (Wildman–Crippen LogP) is 1.78. The van der Waals surface area contributed by atoms with Crippen LogP contribution >= 0.6 is 0 Å². The lowest BCUT2D eigenvalue weighted by Gasteiger charge is -2.19. The molecule has 1 unspecified atom stereocenters. The minimum absolute atomic E-state index is 0.467. The number of carbonyl (C=O) groups is 1. The van der Waals surface area contributed by atoms with Gasteiger partial charge in [-0.1, -0.05) is 22.8 Å². The molecule has 0 spiro atoms. The number of ether oxygens (including phenoxy) is 1. The quantitative estimate of drug-likeness (QED) is 0.409. The molecule has 0 heterocycles. The van der Waals surface area contributed by atoms with E-state index in [2.05, 4.69) is 4.74 Å². The minimum atomic E-state index is -0.892. The summed E-state index contributed by atoms with van der Waals surface area (Å²) in [5.74, 6) is 0. The first-order chi connectivity index (χ1) is 6.09. The van der Waals surface area contributed by atoms with Crippen molar-refractivity contribution < 1.29 is 14.7 Å². The van der Waals surface area contributed by atoms with Gasteiger partial charge >= 0.3 is 6.09 Å². The third kappa shape index (κ3) is 1.85. The van der Waals surface area contributed by atoms with Gasteiger partial charge in [0.25, 0.3) is 0 Å². The molecule has 70 valence electrons. The van der Waals surface area contributed by atoms with E-state index in [0.29, 0.717) is 5.69 Å². The fourth-order valence-corrected chi connectivity index (χ4v) is 1.00. The molecule has 1 aromatic rings. The molecule has 0 saturated carbocycles. The molecule has 1 rings (SSSR count). The van der Waals surface area contributed by atoms with Crippen molar-refractivity contribution in [3.63, 3.8) is 0 Å². The number of benzene rings is 1. The minimum Gasteiger partial charge on any atom is -0.421 e. The van der Waals surface area contributed by atoms with Gasteiger partial charge in [-0.15, -0.1) is 0 Å². The fourth-order valence-electron chi connectivity index (χ4n) is 1.00. The highest BCUT2D eigenvalue weighted by Gasteiger charge is 2.34. The Hall–Kier alpha value is -1.39. The van der Waals surface area contributed by atoms with Gasteiger partial charge in [0.05, 0.1) is 7.11 Å². The van der Waals surface area contributed by atoms with Crippen LogP contribution in [-0.4, -0.2) is 25.5 Å². The van der Waals surface area contributed by atoms with Gasteiger partial charge in [-0.25, -0.2) is 5.21 Å². The van der Waals surface area contributed by atoms with Crippen LogP contribution in [0.25, 0.3) is 0 Å². The lowest BCUT2D eigenvalue weighted by Crippen LogP contribution is -2.47. The number of nitrogens with zero attached hydrogens (tertiary/aromatic N) is 1. The van der Waals surface area contributed by atoms with Crippen molar-refractivity contribution in [2.45, 2.75) is 0 Å². The van der Waals surface area contributed by atoms with Crippen molar-refractivity contribution in [3.8, 4) is 0 Å². The van der Waals surface area contributed by atoms with E-state index >= 15 is 0 Å². The molecule has 0 aliphatic rings. The highest BCUT2D eigenvalue weighted by molar-refractivity contribution is 5.79.